The number of esters is 1. The summed E-state index contributed by atoms with van der Waals surface area (Å²) in [5.74, 6) is -2.83. The molecule has 1 spiro atoms. The fourth-order valence-corrected chi connectivity index (χ4v) is 7.16. The Balaban J connectivity index is 1.63. The molecule has 3 saturated heterocycles. The van der Waals surface area contributed by atoms with E-state index in [2.05, 4.69) is 18.5 Å². The minimum Gasteiger partial charge on any atom is -0.463 e. The second-order valence-electron chi connectivity index (χ2n) is 13.3. The van der Waals surface area contributed by atoms with Crippen molar-refractivity contribution in [3.63, 3.8) is 0 Å². The number of likely N-dealkylation sites (tertiary alicyclic amines) is 1. The van der Waals surface area contributed by atoms with Crippen molar-refractivity contribution >= 4 is 23.7 Å². The Morgan fingerprint density at radius 1 is 1.18 bits per heavy atom. The van der Waals surface area contributed by atoms with Gasteiger partial charge in [-0.1, -0.05) is 42.5 Å². The number of hydrogen-bond donors (Lipinski definition) is 2. The molecule has 0 saturated carbocycles. The summed E-state index contributed by atoms with van der Waals surface area (Å²) in [5.41, 5.74) is -0.893. The lowest BCUT2D eigenvalue weighted by molar-refractivity contribution is -0.151. The number of fused-ring (bicyclic) bond motifs is 1. The molecule has 0 aromatic heterocycles. The number of allylic oxidation sites excluding steroid dienone is 1. The summed E-state index contributed by atoms with van der Waals surface area (Å²) >= 11 is 0. The van der Waals surface area contributed by atoms with E-state index in [-0.39, 0.29) is 43.3 Å². The van der Waals surface area contributed by atoms with E-state index in [0.717, 1.165) is 5.56 Å². The number of carbonyl (C=O) groups excluding carboxylic acids is 4. The zero-order valence-electron chi connectivity index (χ0n) is 26.9. The van der Waals surface area contributed by atoms with E-state index >= 15 is 0 Å². The lowest BCUT2D eigenvalue weighted by Gasteiger charge is -2.42. The largest absolute Gasteiger partial charge is 0.463 e. The van der Waals surface area contributed by atoms with Crippen molar-refractivity contribution in [2.45, 2.75) is 95.0 Å². The van der Waals surface area contributed by atoms with Crippen molar-refractivity contribution in [3.8, 4) is 0 Å². The van der Waals surface area contributed by atoms with Crippen molar-refractivity contribution in [3.05, 3.63) is 61.2 Å². The first-order valence-electron chi connectivity index (χ1n) is 16.1. The summed E-state index contributed by atoms with van der Waals surface area (Å²) < 4.78 is 12.1. The Labute approximate surface area is 266 Å². The third-order valence-corrected chi connectivity index (χ3v) is 9.26. The number of nitrogens with one attached hydrogen (secondary N) is 1. The molecule has 0 radical (unpaired) electrons. The monoisotopic (exact) mass is 623 g/mol. The molecular weight excluding hydrogens is 574 g/mol. The number of carbonyl (C=O) groups is 4. The van der Waals surface area contributed by atoms with Crippen LogP contribution in [-0.4, -0.2) is 88.2 Å². The number of aliphatic hydroxyl groups is 1. The quantitative estimate of drug-likeness (QED) is 0.163. The zero-order chi connectivity index (χ0) is 32.8. The number of benzene rings is 1. The van der Waals surface area contributed by atoms with Crippen molar-refractivity contribution in [2.75, 3.05) is 26.3 Å². The van der Waals surface area contributed by atoms with E-state index in [1.165, 1.54) is 0 Å². The molecule has 0 aliphatic carbocycles. The number of rotatable bonds is 16. The second kappa shape index (κ2) is 14.7. The molecule has 246 valence electrons. The van der Waals surface area contributed by atoms with Gasteiger partial charge in [0.05, 0.1) is 24.0 Å². The molecule has 10 nitrogen and oxygen atoms in total. The lowest BCUT2D eigenvalue weighted by Crippen LogP contribution is -2.60. The first-order valence-corrected chi connectivity index (χ1v) is 16.1. The molecule has 2 N–H and O–H groups in total. The van der Waals surface area contributed by atoms with Crippen LogP contribution in [0.5, 0.6) is 0 Å². The van der Waals surface area contributed by atoms with E-state index in [4.69, 9.17) is 9.47 Å². The van der Waals surface area contributed by atoms with E-state index in [9.17, 15) is 24.3 Å². The number of hydrogen-bond acceptors (Lipinski definition) is 7. The van der Waals surface area contributed by atoms with Crippen molar-refractivity contribution in [2.24, 2.45) is 11.8 Å². The normalized spacial score (nSPS) is 25.9. The molecule has 3 fully saturated rings. The zero-order valence-corrected chi connectivity index (χ0v) is 26.9. The number of aliphatic hydroxyl groups excluding tert-OH is 1. The SMILES string of the molecule is C=CCCC(=O)OC[C@H](NC(=O)[C@@H]1[C@H]2C(=O)N(CCCCCO)[C@H](C(=O)N(CC=C)C(C)(C)C)[C@]23CC[C@H]1O3)c1ccccc1. The van der Waals surface area contributed by atoms with Crippen LogP contribution in [0.2, 0.25) is 0 Å². The van der Waals surface area contributed by atoms with Gasteiger partial charge in [0.15, 0.2) is 0 Å². The van der Waals surface area contributed by atoms with Crippen LogP contribution in [0, 0.1) is 11.8 Å². The molecule has 3 aliphatic rings. The van der Waals surface area contributed by atoms with Gasteiger partial charge in [0.25, 0.3) is 0 Å². The topological polar surface area (TPSA) is 125 Å². The molecule has 2 bridgehead atoms. The smallest absolute Gasteiger partial charge is 0.306 e. The molecule has 1 aromatic carbocycles. The second-order valence-corrected chi connectivity index (χ2v) is 13.3. The van der Waals surface area contributed by atoms with Crippen LogP contribution < -0.4 is 5.32 Å². The highest BCUT2D eigenvalue weighted by Crippen LogP contribution is 2.58. The summed E-state index contributed by atoms with van der Waals surface area (Å²) in [4.78, 5) is 58.5. The minimum absolute atomic E-state index is 0.0548. The molecule has 6 atom stereocenters. The van der Waals surface area contributed by atoms with Gasteiger partial charge in [-0.05, 0) is 64.9 Å². The van der Waals surface area contributed by atoms with Crippen molar-refractivity contribution in [1.82, 2.24) is 15.1 Å². The molecule has 3 heterocycles. The summed E-state index contributed by atoms with van der Waals surface area (Å²) in [7, 11) is 0. The van der Waals surface area contributed by atoms with E-state index in [1.54, 1.807) is 22.0 Å². The lowest BCUT2D eigenvalue weighted by atomic mass is 9.70. The van der Waals surface area contributed by atoms with Crippen LogP contribution in [0.3, 0.4) is 0 Å². The average molecular weight is 624 g/mol. The van der Waals surface area contributed by atoms with Crippen LogP contribution in [0.15, 0.2) is 55.6 Å². The first-order chi connectivity index (χ1) is 21.5. The third-order valence-electron chi connectivity index (χ3n) is 9.26. The van der Waals surface area contributed by atoms with E-state index in [1.807, 2.05) is 51.1 Å². The van der Waals surface area contributed by atoms with Crippen LogP contribution in [0.25, 0.3) is 0 Å². The summed E-state index contributed by atoms with van der Waals surface area (Å²) in [6, 6.07) is 7.76. The third kappa shape index (κ3) is 7.17. The maximum Gasteiger partial charge on any atom is 0.306 e. The van der Waals surface area contributed by atoms with Crippen molar-refractivity contribution < 1.29 is 33.8 Å². The molecule has 3 aliphatic heterocycles. The maximum absolute atomic E-state index is 14.4. The highest BCUT2D eigenvalue weighted by molar-refractivity contribution is 5.99. The summed E-state index contributed by atoms with van der Waals surface area (Å²) in [6.07, 6.45) is 6.45. The Kier molecular flexibility index (Phi) is 11.3. The summed E-state index contributed by atoms with van der Waals surface area (Å²) in [6.45, 7) is 14.0. The summed E-state index contributed by atoms with van der Waals surface area (Å²) in [5, 5.41) is 12.4. The molecule has 0 unspecified atom stereocenters. The van der Waals surface area contributed by atoms with Crippen molar-refractivity contribution in [1.29, 1.82) is 0 Å². The predicted octanol–water partition coefficient (Wildman–Crippen LogP) is 3.70. The standard InChI is InChI=1S/C35H49N3O7/c1-6-8-17-27(40)44-23-25(24-15-11-9-12-16-24)36-31(41)28-26-18-19-35(45-26)29(28)32(42)37(21-13-10-14-22-39)30(35)33(43)38(20-7-2)34(3,4)5/h6-7,9,11-12,15-16,25-26,28-30,39H,1-2,8,10,13-14,17-23H2,3-5H3,(H,36,41)/t25-,26+,28-,29-,30+,35-/m0/s1. The molecule has 10 heteroatoms. The maximum atomic E-state index is 14.4. The highest BCUT2D eigenvalue weighted by atomic mass is 16.5. The van der Waals surface area contributed by atoms with Crippen LogP contribution in [0.4, 0.5) is 0 Å². The Bertz CT molecular complexity index is 1250. The first kappa shape index (κ1) is 34.4. The Morgan fingerprint density at radius 3 is 2.56 bits per heavy atom. The van der Waals surface area contributed by atoms with E-state index < -0.39 is 41.2 Å². The fourth-order valence-electron chi connectivity index (χ4n) is 7.16. The molecule has 3 amide bonds. The molecule has 45 heavy (non-hydrogen) atoms. The number of nitrogens with zero attached hydrogens (tertiary/aromatic N) is 2. The van der Waals surface area contributed by atoms with Gasteiger partial charge in [0, 0.05) is 31.7 Å². The Morgan fingerprint density at radius 2 is 1.91 bits per heavy atom. The minimum atomic E-state index is -1.12. The number of unbranched alkanes of at least 4 members (excludes halogenated alkanes) is 2. The van der Waals surface area contributed by atoms with Gasteiger partial charge in [0.1, 0.15) is 18.2 Å². The van der Waals surface area contributed by atoms with Gasteiger partial charge in [-0.15, -0.1) is 13.2 Å². The predicted molar refractivity (Wildman–Crippen MR) is 170 cm³/mol. The van der Waals surface area contributed by atoms with Crippen LogP contribution >= 0.6 is 0 Å². The van der Waals surface area contributed by atoms with Crippen LogP contribution in [0.1, 0.15) is 77.3 Å². The number of amides is 3. The molecule has 4 rings (SSSR count). The van der Waals surface area contributed by atoms with Gasteiger partial charge in [0.2, 0.25) is 17.7 Å². The Hall–Kier alpha value is -3.50. The van der Waals surface area contributed by atoms with E-state index in [0.29, 0.717) is 51.6 Å². The van der Waals surface area contributed by atoms with Gasteiger partial charge in [-0.25, -0.2) is 0 Å². The molecule has 1 aromatic rings. The van der Waals surface area contributed by atoms with Gasteiger partial charge < -0.3 is 29.7 Å². The van der Waals surface area contributed by atoms with Crippen LogP contribution in [-0.2, 0) is 28.7 Å². The number of ether oxygens (including phenoxy) is 2. The van der Waals surface area contributed by atoms with Gasteiger partial charge >= 0.3 is 5.97 Å². The fraction of sp³-hybridized carbons (Fsp3) is 0.600. The highest BCUT2D eigenvalue weighted by Gasteiger charge is 2.74. The molecular formula is C35H49N3O7. The van der Waals surface area contributed by atoms with Gasteiger partial charge in [-0.3, -0.25) is 19.2 Å². The average Bonchev–Trinajstić information content (AvgIpc) is 3.66. The van der Waals surface area contributed by atoms with Gasteiger partial charge in [-0.2, -0.15) is 0 Å².